The molecule has 0 atom stereocenters. The second kappa shape index (κ2) is 99.6. The summed E-state index contributed by atoms with van der Waals surface area (Å²) in [5.74, 6) is 12.1. The number of para-hydroxylation sites is 1. The minimum absolute atomic E-state index is 0. The molecule has 134 heavy (non-hydrogen) atoms. The molecular formula is C107H171BrCl4LiN3O17S. The van der Waals surface area contributed by atoms with Gasteiger partial charge in [0, 0.05) is 109 Å². The van der Waals surface area contributed by atoms with Crippen molar-refractivity contribution < 1.29 is 101 Å². The van der Waals surface area contributed by atoms with Crippen LogP contribution < -0.4 is 49.3 Å². The number of methoxy groups -OCH3 is 3. The van der Waals surface area contributed by atoms with Crippen LogP contribution >= 0.6 is 61.3 Å². The number of unbranched alkanes of at least 4 members (excludes halogenated alkanes) is 11. The minimum atomic E-state index is -1.67. The van der Waals surface area contributed by atoms with Crippen molar-refractivity contribution in [3.63, 3.8) is 0 Å². The van der Waals surface area contributed by atoms with E-state index in [2.05, 4.69) is 159 Å². The number of carboxylic acid groups (broad SMARTS) is 3. The van der Waals surface area contributed by atoms with Gasteiger partial charge >= 0.3 is 42.7 Å². The number of carbonyl (C=O) groups excluding carboxylic acids is 4. The average Bonchev–Trinajstić information content (AvgIpc) is 0.862. The van der Waals surface area contributed by atoms with E-state index in [9.17, 15) is 38.7 Å². The van der Waals surface area contributed by atoms with Gasteiger partial charge in [-0.25, -0.2) is 4.21 Å². The van der Waals surface area contributed by atoms with E-state index >= 15 is 0 Å². The number of phenolic OH excluding ortho intramolecular Hbond substituents is 2. The molecule has 0 aliphatic rings. The molecule has 0 saturated carbocycles. The van der Waals surface area contributed by atoms with Gasteiger partial charge in [0.25, 0.3) is 0 Å². The number of terminal acetylenes is 1. The number of benzene rings is 5. The van der Waals surface area contributed by atoms with Crippen LogP contribution in [0.3, 0.4) is 0 Å². The molecule has 20 nitrogen and oxygen atoms in total. The minimum Gasteiger partial charge on any atom is -0.693 e. The summed E-state index contributed by atoms with van der Waals surface area (Å²) in [6.07, 6.45) is 43.8. The standard InChI is InChI=1S/C29H38O4.C19H28O3.C10H17ClO.C10H18O2.C10H16O2.C8H11NO2.C8H11N.C5H9BrO2.C5H8.3CH4.Cl2OS.ClH.Li.H2N/c1-21(2)11-8-6-7-9-14-25(30)17-15-24-16-18-27(28(19-24)32-5)33-29(31)20-26-22(3)12-10-13-23(26)4;1-15(2)8-6-4-5-7-9-17(20)12-10-16-11-13-18(21)19(14-16)22-3;3*1-9(2)7-5-3-4-6-8-10(11)12;1-11-8-4-6(5-9)2-3-7(8)10;1-6-4-3-5-7(2)8(6)9;6-4-2-1-3-5(7)8;1-4-5(2)3;;;;1-4(2)3;;;/h8,10-13,16,18-19,21H,6-7,9,14-15,17,20H2,1-5H3;6,8,11,13-15,21H,4-5,7,9-10,12H2,1-3H3;5,7,9H,3-4,6,8H2,1-2H3;5,7,9H,3-4,6,8H2,1-2H3,(H,11,12);9H,3-4,6,8H2,1-2H3,(H,11,12);2-4,10H,5,9H2,1H3;3-5H,9H2,1-2H3;1-4H2,(H,7,8);1,5H,2-3H3;3*1H4;;1H;;1H2/q;;;;;;;;;;;;;;+1;-1/b11-8+;8-6+;2*7-5+;;;;;;;;;;;;. The molecule has 0 aromatic heterocycles. The van der Waals surface area contributed by atoms with Crippen molar-refractivity contribution >= 4 is 117 Å². The molecule has 0 amide bonds. The fourth-order valence-electron chi connectivity index (χ4n) is 10.6. The summed E-state index contributed by atoms with van der Waals surface area (Å²) < 4.78 is 30.1. The van der Waals surface area contributed by atoms with Gasteiger partial charge in [0.1, 0.15) is 11.6 Å². The van der Waals surface area contributed by atoms with Gasteiger partial charge in [0.15, 0.2) is 34.5 Å². The van der Waals surface area contributed by atoms with Crippen molar-refractivity contribution in [3.8, 4) is 58.7 Å². The molecule has 5 rings (SSSR count). The number of aromatic hydroxyl groups is 2. The average molecular weight is 2030 g/mol. The van der Waals surface area contributed by atoms with Gasteiger partial charge in [-0.2, -0.15) is 0 Å². The van der Waals surface area contributed by atoms with E-state index in [1.54, 1.807) is 43.5 Å². The van der Waals surface area contributed by atoms with Crippen LogP contribution in [0.4, 0.5) is 5.69 Å². The van der Waals surface area contributed by atoms with Crippen LogP contribution in [0.5, 0.6) is 34.5 Å². The predicted octanol–water partition coefficient (Wildman–Crippen LogP) is 26.8. The number of hydrogen-bond donors (Lipinski definition) is 7. The molecule has 5 aromatic rings. The summed E-state index contributed by atoms with van der Waals surface area (Å²) in [4.78, 5) is 77.1. The third-order valence-electron chi connectivity index (χ3n) is 17.8. The maximum Gasteiger partial charge on any atom is 1.00 e. The van der Waals surface area contributed by atoms with Gasteiger partial charge in [-0.15, -0.1) is 36.6 Å². The van der Waals surface area contributed by atoms with Crippen LogP contribution in [-0.4, -0.2) is 97.1 Å². The number of halogens is 5. The molecule has 27 heteroatoms. The first kappa shape index (κ1) is 149. The zero-order valence-electron chi connectivity index (χ0n) is 82.2. The molecule has 5 aromatic carbocycles. The Morgan fingerprint density at radius 2 is 0.799 bits per heavy atom. The summed E-state index contributed by atoms with van der Waals surface area (Å²) in [7, 11) is 11.9. The van der Waals surface area contributed by atoms with Crippen LogP contribution in [0.1, 0.15) is 310 Å². The first-order valence-electron chi connectivity index (χ1n) is 44.4. The van der Waals surface area contributed by atoms with Crippen LogP contribution in [0.2, 0.25) is 0 Å². The maximum absolute atomic E-state index is 12.5. The quantitative estimate of drug-likeness (QED) is 0.00219. The molecular weight excluding hydrogens is 1860 g/mol. The molecule has 0 unspecified atom stereocenters. The number of aryl methyl sites for hydroxylation is 6. The fraction of sp³-hybridized carbons (Fsp3) is 0.542. The smallest absolute Gasteiger partial charge is 0.693 e. The second-order valence-electron chi connectivity index (χ2n) is 32.1. The van der Waals surface area contributed by atoms with Gasteiger partial charge in [0.2, 0.25) is 14.5 Å². The summed E-state index contributed by atoms with van der Waals surface area (Å²) in [5, 5.41) is 44.2. The number of alkyl halides is 1. The number of rotatable bonds is 45. The number of esters is 1. The zero-order chi connectivity index (χ0) is 98.2. The molecule has 0 aliphatic heterocycles. The Bertz CT molecular complexity index is 4040. The molecule has 0 saturated heterocycles. The van der Waals surface area contributed by atoms with Crippen molar-refractivity contribution in [2.24, 2.45) is 41.2 Å². The Morgan fingerprint density at radius 1 is 0.478 bits per heavy atom. The van der Waals surface area contributed by atoms with E-state index in [0.717, 1.165) is 165 Å². The Morgan fingerprint density at radius 3 is 1.12 bits per heavy atom. The van der Waals surface area contributed by atoms with Crippen molar-refractivity contribution in [3.05, 3.63) is 190 Å². The molecule has 0 fully saturated rings. The Kier molecular flexibility index (Phi) is 111. The third kappa shape index (κ3) is 100. The van der Waals surface area contributed by atoms with Crippen LogP contribution in [0, 0.1) is 87.4 Å². The monoisotopic (exact) mass is 2030 g/mol. The first-order chi connectivity index (χ1) is 60.5. The van der Waals surface area contributed by atoms with E-state index in [1.165, 1.54) is 14.2 Å². The Hall–Kier alpha value is -7.82. The molecule has 11 N–H and O–H groups in total. The molecule has 0 bridgehead atoms. The van der Waals surface area contributed by atoms with E-state index in [0.29, 0.717) is 129 Å². The number of phenols is 2. The summed E-state index contributed by atoms with van der Waals surface area (Å²) in [6, 6.07) is 27.8. The number of Topliss-reactive ketones (excluding diaryl/α,β-unsaturated/α-hetero) is 2. The van der Waals surface area contributed by atoms with E-state index < -0.39 is 27.1 Å². The largest absolute Gasteiger partial charge is 1.00 e. The van der Waals surface area contributed by atoms with E-state index in [-0.39, 0.29) is 101 Å². The molecule has 0 radical (unpaired) electrons. The van der Waals surface area contributed by atoms with Gasteiger partial charge < -0.3 is 62.1 Å². The first-order valence-corrected chi connectivity index (χ1v) is 48.7. The number of allylic oxidation sites excluding steroid dienone is 8. The summed E-state index contributed by atoms with van der Waals surface area (Å²) in [5.41, 5.74) is 20.4. The zero-order valence-corrected chi connectivity index (χ0v) is 87.7. The normalized spacial score (nSPS) is 9.99. The van der Waals surface area contributed by atoms with E-state index in [4.69, 9.17) is 73.1 Å². The number of nitrogen functional groups attached to an aromatic ring is 1. The maximum atomic E-state index is 12.5. The molecule has 758 valence electrons. The van der Waals surface area contributed by atoms with Crippen molar-refractivity contribution in [1.29, 1.82) is 0 Å². The SMILES string of the molecule is C.C.C.C#CC(C)C.CC(C)/C=C/CCCCC(=O)Cl.CC(C)/C=C/CCCCC(=O)O.CC(C)C#CCCCCC(=O)O.COc1cc(CCC(=O)CCCC/C=C/C(C)C)ccc1O.COc1cc(CCC(=O)CCCC/C=C/C(C)C)ccc1OC(=O)Cc1c(C)cccc1C.COc1cc(CN)ccc1O.Cc1cccc(C)c1N.Cl.O=C(O)CCCCBr.O=S(Cl)Cl.[Li+].[NH2-]. The second-order valence-corrected chi connectivity index (χ2v) is 35.9. The van der Waals surface area contributed by atoms with Crippen molar-refractivity contribution in [2.75, 3.05) is 32.4 Å². The van der Waals surface area contributed by atoms with Gasteiger partial charge in [0.05, 0.1) is 27.8 Å². The predicted molar refractivity (Wildman–Crippen MR) is 571 cm³/mol. The van der Waals surface area contributed by atoms with Crippen LogP contribution in [0.15, 0.2) is 140 Å². The van der Waals surface area contributed by atoms with Crippen molar-refractivity contribution in [2.45, 2.75) is 319 Å². The van der Waals surface area contributed by atoms with Crippen LogP contribution in [0.25, 0.3) is 6.15 Å². The number of hydrogen-bond acceptors (Lipinski definition) is 16. The molecule has 0 spiro atoms. The number of carbonyl (C=O) groups is 7. The number of carboxylic acids is 3. The molecule has 0 heterocycles. The number of nitrogens with two attached hydrogens (primary N) is 3. The third-order valence-corrected chi connectivity index (χ3v) is 18.5. The topological polar surface area (TPSA) is 360 Å². The van der Waals surface area contributed by atoms with E-state index in [1.807, 2.05) is 110 Å². The summed E-state index contributed by atoms with van der Waals surface area (Å²) in [6.45, 7) is 33.8. The Balaban J connectivity index is -0.000000147. The summed E-state index contributed by atoms with van der Waals surface area (Å²) >= 11 is 8.39. The number of aliphatic carboxylic acids is 3. The van der Waals surface area contributed by atoms with Gasteiger partial charge in [-0.05, 0) is 259 Å². The number of anilines is 1. The van der Waals surface area contributed by atoms with Gasteiger partial charge in [-0.1, -0.05) is 225 Å². The van der Waals surface area contributed by atoms with Crippen LogP contribution in [-0.2, 0) is 68.6 Å². The van der Waals surface area contributed by atoms with Gasteiger partial charge in [-0.3, -0.25) is 33.6 Å². The number of ketones is 2. The number of ether oxygens (including phenoxy) is 4. The van der Waals surface area contributed by atoms with Crippen molar-refractivity contribution in [1.82, 2.24) is 0 Å². The fourth-order valence-corrected chi connectivity index (χ4v) is 11.1. The molecule has 0 aliphatic carbocycles. The Labute approximate surface area is 853 Å².